The van der Waals surface area contributed by atoms with Crippen LogP contribution in [0.3, 0.4) is 0 Å². The van der Waals surface area contributed by atoms with Gasteiger partial charge < -0.3 is 14.4 Å². The largest absolute Gasteiger partial charge is 0.449 e. The third kappa shape index (κ3) is 5.34. The quantitative estimate of drug-likeness (QED) is 0.167. The van der Waals surface area contributed by atoms with Crippen molar-refractivity contribution in [1.29, 1.82) is 0 Å². The number of rotatable bonds is 6. The number of fused-ring (bicyclic) bond motifs is 13. The molecular formula is C61H39NO2. The Morgan fingerprint density at radius 1 is 0.297 bits per heavy atom. The van der Waals surface area contributed by atoms with Gasteiger partial charge in [-0.3, -0.25) is 0 Å². The van der Waals surface area contributed by atoms with Gasteiger partial charge in [-0.2, -0.15) is 0 Å². The zero-order valence-corrected chi connectivity index (χ0v) is 34.8. The van der Waals surface area contributed by atoms with Crippen molar-refractivity contribution in [2.24, 2.45) is 0 Å². The smallest absolute Gasteiger partial charge is 0.194 e. The molecule has 0 radical (unpaired) electrons. The van der Waals surface area contributed by atoms with E-state index < -0.39 is 5.41 Å². The first-order chi connectivity index (χ1) is 31.8. The molecule has 0 aromatic heterocycles. The molecule has 3 aliphatic rings. The van der Waals surface area contributed by atoms with E-state index >= 15 is 0 Å². The molecule has 0 atom stereocenters. The first-order valence-electron chi connectivity index (χ1n) is 21.9. The van der Waals surface area contributed by atoms with Crippen LogP contribution < -0.4 is 14.4 Å². The summed E-state index contributed by atoms with van der Waals surface area (Å²) in [6, 6.07) is 84.7. The van der Waals surface area contributed by atoms with E-state index in [1.165, 1.54) is 33.4 Å². The highest BCUT2D eigenvalue weighted by molar-refractivity contribution is 5.99. The minimum absolute atomic E-state index is 0.508. The van der Waals surface area contributed by atoms with Crippen molar-refractivity contribution in [1.82, 2.24) is 0 Å². The summed E-state index contributed by atoms with van der Waals surface area (Å²) in [7, 11) is 0. The monoisotopic (exact) mass is 817 g/mol. The molecule has 0 fully saturated rings. The van der Waals surface area contributed by atoms with Crippen LogP contribution in [0.2, 0.25) is 0 Å². The minimum atomic E-state index is -0.508. The highest BCUT2D eigenvalue weighted by Crippen LogP contribution is 2.67. The lowest BCUT2D eigenvalue weighted by Crippen LogP contribution is -2.25. The summed E-state index contributed by atoms with van der Waals surface area (Å²) in [6.45, 7) is 0. The molecule has 300 valence electrons. The third-order valence-corrected chi connectivity index (χ3v) is 13.3. The van der Waals surface area contributed by atoms with E-state index in [1.54, 1.807) is 0 Å². The number of anilines is 3. The van der Waals surface area contributed by atoms with Crippen LogP contribution in [0, 0.1) is 0 Å². The van der Waals surface area contributed by atoms with Crippen molar-refractivity contribution < 1.29 is 9.47 Å². The van der Waals surface area contributed by atoms with Crippen molar-refractivity contribution in [2.75, 3.05) is 4.90 Å². The first kappa shape index (κ1) is 36.3. The Balaban J connectivity index is 1.04. The van der Waals surface area contributed by atoms with E-state index in [9.17, 15) is 0 Å². The van der Waals surface area contributed by atoms with E-state index in [-0.39, 0.29) is 0 Å². The first-order valence-corrected chi connectivity index (χ1v) is 21.9. The van der Waals surface area contributed by atoms with Crippen molar-refractivity contribution >= 4 is 17.1 Å². The molecule has 3 heteroatoms. The maximum absolute atomic E-state index is 7.50. The lowest BCUT2D eigenvalue weighted by molar-refractivity contribution is 0.361. The molecule has 3 nitrogen and oxygen atoms in total. The van der Waals surface area contributed by atoms with Crippen LogP contribution in [-0.4, -0.2) is 0 Å². The molecule has 10 aromatic carbocycles. The molecule has 13 rings (SSSR count). The van der Waals surface area contributed by atoms with Crippen molar-refractivity contribution in [3.8, 4) is 78.6 Å². The summed E-state index contributed by atoms with van der Waals surface area (Å²) >= 11 is 0. The molecule has 64 heavy (non-hydrogen) atoms. The molecule has 0 saturated heterocycles. The number of nitrogens with zero attached hydrogens (tertiary/aromatic N) is 1. The van der Waals surface area contributed by atoms with Crippen molar-refractivity contribution in [2.45, 2.75) is 5.41 Å². The summed E-state index contributed by atoms with van der Waals surface area (Å²) in [5.74, 6) is 2.74. The van der Waals surface area contributed by atoms with Gasteiger partial charge in [0.05, 0.1) is 16.8 Å². The Morgan fingerprint density at radius 3 is 1.50 bits per heavy atom. The highest BCUT2D eigenvalue weighted by atomic mass is 16.6. The van der Waals surface area contributed by atoms with E-state index in [4.69, 9.17) is 9.47 Å². The fourth-order valence-electron chi connectivity index (χ4n) is 10.7. The number of ether oxygens (including phenoxy) is 2. The predicted molar refractivity (Wildman–Crippen MR) is 260 cm³/mol. The number of para-hydroxylation sites is 1. The molecule has 0 unspecified atom stereocenters. The second-order valence-corrected chi connectivity index (χ2v) is 16.7. The van der Waals surface area contributed by atoms with Gasteiger partial charge >= 0.3 is 0 Å². The van der Waals surface area contributed by atoms with Crippen LogP contribution in [0.1, 0.15) is 22.3 Å². The number of benzene rings is 10. The zero-order valence-electron chi connectivity index (χ0n) is 34.8. The predicted octanol–water partition coefficient (Wildman–Crippen LogP) is 16.4. The normalized spacial score (nSPS) is 13.1. The molecule has 2 aliphatic carbocycles. The molecule has 10 aromatic rings. The Kier molecular flexibility index (Phi) is 8.13. The van der Waals surface area contributed by atoms with E-state index in [1.807, 2.05) is 6.07 Å². The molecular weight excluding hydrogens is 779 g/mol. The fraction of sp³-hybridized carbons (Fsp3) is 0.0164. The van der Waals surface area contributed by atoms with E-state index in [0.29, 0.717) is 17.2 Å². The maximum Gasteiger partial charge on any atom is 0.194 e. The average Bonchev–Trinajstić information content (AvgIpc) is 3.85. The lowest BCUT2D eigenvalue weighted by atomic mass is 9.70. The standard InChI is InChI=1S/C61H39NO2/c1-4-18-40(19-5-1)43-24-16-25-45(38-43)62(54-36-34-44(41-20-6-2-7-21-41)39-49(54)42-22-8-3-9-23-42)55-32-17-33-56-59(55)64-60-57(63-56)37-35-53-58(60)48-28-12-15-31-52(48)61(53)50-29-13-10-26-46(50)47-27-11-14-30-51(47)61/h1-39H. The molecule has 1 heterocycles. The highest BCUT2D eigenvalue weighted by Gasteiger charge is 2.53. The van der Waals surface area contributed by atoms with Crippen molar-refractivity contribution in [3.05, 3.63) is 259 Å². The van der Waals surface area contributed by atoms with Gasteiger partial charge in [0.1, 0.15) is 0 Å². The number of hydrogen-bond donors (Lipinski definition) is 0. The summed E-state index contributed by atoms with van der Waals surface area (Å²) in [6.07, 6.45) is 0. The molecule has 1 spiro atoms. The summed E-state index contributed by atoms with van der Waals surface area (Å²) in [4.78, 5) is 2.35. The van der Waals surface area contributed by atoms with Gasteiger partial charge in [0.25, 0.3) is 0 Å². The number of hydrogen-bond acceptors (Lipinski definition) is 3. The van der Waals surface area contributed by atoms with E-state index in [0.717, 1.165) is 67.3 Å². The zero-order chi connectivity index (χ0) is 42.2. The van der Waals surface area contributed by atoms with Gasteiger partial charge in [-0.15, -0.1) is 0 Å². The Labute approximate surface area is 372 Å². The molecule has 0 N–H and O–H groups in total. The van der Waals surface area contributed by atoms with Crippen LogP contribution in [0.5, 0.6) is 23.0 Å². The van der Waals surface area contributed by atoms with Gasteiger partial charge in [-0.1, -0.05) is 194 Å². The Bertz CT molecular complexity index is 3400. The van der Waals surface area contributed by atoms with Crippen LogP contribution in [-0.2, 0) is 5.41 Å². The second-order valence-electron chi connectivity index (χ2n) is 16.7. The van der Waals surface area contributed by atoms with Crippen LogP contribution in [0.25, 0.3) is 55.6 Å². The molecule has 0 bridgehead atoms. The maximum atomic E-state index is 7.50. The fourth-order valence-corrected chi connectivity index (χ4v) is 10.7. The van der Waals surface area contributed by atoms with Gasteiger partial charge in [0.2, 0.25) is 0 Å². The van der Waals surface area contributed by atoms with Gasteiger partial charge in [0, 0.05) is 16.8 Å². The summed E-state index contributed by atoms with van der Waals surface area (Å²) in [5, 5.41) is 0. The second kappa shape index (κ2) is 14.3. The minimum Gasteiger partial charge on any atom is -0.449 e. The van der Waals surface area contributed by atoms with Crippen LogP contribution in [0.4, 0.5) is 17.1 Å². The third-order valence-electron chi connectivity index (χ3n) is 13.3. The molecule has 1 aliphatic heterocycles. The topological polar surface area (TPSA) is 21.7 Å². The van der Waals surface area contributed by atoms with Crippen molar-refractivity contribution in [3.63, 3.8) is 0 Å². The Morgan fingerprint density at radius 2 is 0.828 bits per heavy atom. The SMILES string of the molecule is c1ccc(-c2cccc(N(c3ccc(-c4ccccc4)cc3-c3ccccc3)c3cccc4c3Oc3c(ccc5c3-c3ccccc3C53c5ccccc5-c5ccccc53)O4)c2)cc1. The van der Waals surface area contributed by atoms with Gasteiger partial charge in [0.15, 0.2) is 23.0 Å². The van der Waals surface area contributed by atoms with Crippen LogP contribution in [0.15, 0.2) is 237 Å². The lowest BCUT2D eigenvalue weighted by Gasteiger charge is -2.33. The van der Waals surface area contributed by atoms with Gasteiger partial charge in [-0.05, 0) is 109 Å². The van der Waals surface area contributed by atoms with E-state index in [2.05, 4.69) is 235 Å². The Hall–Kier alpha value is -8.40. The average molecular weight is 818 g/mol. The molecule has 0 saturated carbocycles. The summed E-state index contributed by atoms with van der Waals surface area (Å²) in [5.41, 5.74) is 18.9. The summed E-state index contributed by atoms with van der Waals surface area (Å²) < 4.78 is 14.5. The van der Waals surface area contributed by atoms with Crippen LogP contribution >= 0.6 is 0 Å². The molecule has 0 amide bonds. The van der Waals surface area contributed by atoms with Gasteiger partial charge in [-0.25, -0.2) is 0 Å².